The fourth-order valence-corrected chi connectivity index (χ4v) is 4.68. The normalized spacial score (nSPS) is 17.6. The molecule has 0 aliphatic carbocycles. The van der Waals surface area contributed by atoms with Crippen molar-refractivity contribution in [3.63, 3.8) is 0 Å². The molecule has 152 valence electrons. The van der Waals surface area contributed by atoms with Crippen molar-refractivity contribution in [2.75, 3.05) is 13.1 Å². The number of aryl methyl sites for hydroxylation is 2. The average molecular weight is 431 g/mol. The van der Waals surface area contributed by atoms with Crippen molar-refractivity contribution in [1.29, 1.82) is 0 Å². The maximum absolute atomic E-state index is 13.0. The monoisotopic (exact) mass is 430 g/mol. The Kier molecular flexibility index (Phi) is 6.08. The van der Waals surface area contributed by atoms with E-state index in [1.165, 1.54) is 11.8 Å². The van der Waals surface area contributed by atoms with Crippen molar-refractivity contribution in [1.82, 2.24) is 19.7 Å². The molecule has 0 saturated carbocycles. The number of carbonyl (C=O) groups is 1. The van der Waals surface area contributed by atoms with Crippen LogP contribution in [0.25, 0.3) is 0 Å². The Morgan fingerprint density at radius 1 is 1.34 bits per heavy atom. The van der Waals surface area contributed by atoms with E-state index in [-0.39, 0.29) is 11.7 Å². The third-order valence-electron chi connectivity index (χ3n) is 5.21. The second-order valence-electron chi connectivity index (χ2n) is 7.44. The molecule has 1 atom stereocenters. The Balaban J connectivity index is 1.39. The zero-order valence-corrected chi connectivity index (χ0v) is 18.0. The van der Waals surface area contributed by atoms with Crippen LogP contribution in [0.2, 0.25) is 5.02 Å². The number of ketones is 1. The Morgan fingerprint density at radius 3 is 2.97 bits per heavy atom. The maximum atomic E-state index is 13.0. The van der Waals surface area contributed by atoms with Crippen molar-refractivity contribution < 1.29 is 9.21 Å². The number of piperidine rings is 1. The minimum Gasteiger partial charge on any atom is -0.453 e. The minimum atomic E-state index is 0.00563. The van der Waals surface area contributed by atoms with Crippen LogP contribution in [0.3, 0.4) is 0 Å². The van der Waals surface area contributed by atoms with E-state index >= 15 is 0 Å². The largest absolute Gasteiger partial charge is 0.453 e. The standard InChI is InChI=1S/C21H23ClN4O2S/c1-14-10-16(22)5-7-18(14)20(27)15-4-3-9-26(11-15)12-17-6-8-19(28-17)29-21-24-23-13-25(21)2/h5-8,10,13,15H,3-4,9,11-12H2,1-2H3/t15-/m0/s1. The fraction of sp³-hybridized carbons (Fsp3) is 0.381. The van der Waals surface area contributed by atoms with E-state index in [0.29, 0.717) is 11.6 Å². The molecule has 1 saturated heterocycles. The number of Topliss-reactive ketones (excluding diaryl/α,β-unsaturated/α-hetero) is 1. The lowest BCUT2D eigenvalue weighted by Crippen LogP contribution is -2.38. The molecule has 0 amide bonds. The fourth-order valence-electron chi connectivity index (χ4n) is 3.71. The van der Waals surface area contributed by atoms with Crippen LogP contribution in [0.5, 0.6) is 0 Å². The highest BCUT2D eigenvalue weighted by molar-refractivity contribution is 7.99. The van der Waals surface area contributed by atoms with Gasteiger partial charge in [0.25, 0.3) is 0 Å². The van der Waals surface area contributed by atoms with Gasteiger partial charge in [-0.15, -0.1) is 10.2 Å². The van der Waals surface area contributed by atoms with E-state index in [4.69, 9.17) is 16.0 Å². The molecule has 4 rings (SSSR count). The van der Waals surface area contributed by atoms with Crippen LogP contribution < -0.4 is 0 Å². The molecule has 0 bridgehead atoms. The lowest BCUT2D eigenvalue weighted by atomic mass is 9.88. The van der Waals surface area contributed by atoms with Crippen LogP contribution in [0.4, 0.5) is 0 Å². The van der Waals surface area contributed by atoms with Gasteiger partial charge in [-0.1, -0.05) is 11.6 Å². The number of hydrogen-bond acceptors (Lipinski definition) is 6. The van der Waals surface area contributed by atoms with Gasteiger partial charge in [-0.2, -0.15) is 0 Å². The summed E-state index contributed by atoms with van der Waals surface area (Å²) < 4.78 is 7.82. The molecule has 8 heteroatoms. The highest BCUT2D eigenvalue weighted by atomic mass is 35.5. The lowest BCUT2D eigenvalue weighted by Gasteiger charge is -2.31. The number of furan rings is 1. The molecule has 3 aromatic rings. The van der Waals surface area contributed by atoms with Gasteiger partial charge in [-0.05, 0) is 74.0 Å². The second kappa shape index (κ2) is 8.73. The summed E-state index contributed by atoms with van der Waals surface area (Å²) in [7, 11) is 1.90. The van der Waals surface area contributed by atoms with Crippen LogP contribution in [0, 0.1) is 12.8 Å². The van der Waals surface area contributed by atoms with Crippen molar-refractivity contribution in [3.05, 3.63) is 58.6 Å². The van der Waals surface area contributed by atoms with E-state index in [1.54, 1.807) is 12.4 Å². The molecule has 1 aromatic carbocycles. The van der Waals surface area contributed by atoms with Gasteiger partial charge in [0, 0.05) is 30.1 Å². The topological polar surface area (TPSA) is 64.2 Å². The van der Waals surface area contributed by atoms with Crippen molar-refractivity contribution in [2.45, 2.75) is 36.6 Å². The third-order valence-corrected chi connectivity index (χ3v) is 6.42. The van der Waals surface area contributed by atoms with Gasteiger partial charge in [0.2, 0.25) is 0 Å². The molecule has 2 aromatic heterocycles. The second-order valence-corrected chi connectivity index (χ2v) is 8.85. The van der Waals surface area contributed by atoms with E-state index in [1.807, 2.05) is 42.8 Å². The predicted octanol–water partition coefficient (Wildman–Crippen LogP) is 4.62. The minimum absolute atomic E-state index is 0.00563. The molecule has 0 spiro atoms. The van der Waals surface area contributed by atoms with E-state index in [0.717, 1.165) is 53.1 Å². The molecule has 0 unspecified atom stereocenters. The summed E-state index contributed by atoms with van der Waals surface area (Å²) in [6, 6.07) is 9.45. The molecule has 29 heavy (non-hydrogen) atoms. The molecule has 3 heterocycles. The Morgan fingerprint density at radius 2 is 2.21 bits per heavy atom. The number of likely N-dealkylation sites (tertiary alicyclic amines) is 1. The molecule has 1 aliphatic rings. The van der Waals surface area contributed by atoms with Gasteiger partial charge in [0.15, 0.2) is 16.0 Å². The number of aromatic nitrogens is 3. The summed E-state index contributed by atoms with van der Waals surface area (Å²) in [6.07, 6.45) is 3.59. The van der Waals surface area contributed by atoms with Gasteiger partial charge in [0.05, 0.1) is 6.54 Å². The highest BCUT2D eigenvalue weighted by Gasteiger charge is 2.28. The van der Waals surface area contributed by atoms with Crippen LogP contribution in [-0.2, 0) is 13.6 Å². The molecular weight excluding hydrogens is 408 g/mol. The molecule has 6 nitrogen and oxygen atoms in total. The highest BCUT2D eigenvalue weighted by Crippen LogP contribution is 2.29. The van der Waals surface area contributed by atoms with Gasteiger partial charge < -0.3 is 8.98 Å². The van der Waals surface area contributed by atoms with Crippen LogP contribution in [-0.4, -0.2) is 38.5 Å². The number of nitrogens with zero attached hydrogens (tertiary/aromatic N) is 4. The van der Waals surface area contributed by atoms with Crippen LogP contribution in [0.15, 0.2) is 51.3 Å². The first-order chi connectivity index (χ1) is 14.0. The molecule has 0 radical (unpaired) electrons. The summed E-state index contributed by atoms with van der Waals surface area (Å²) in [4.78, 5) is 15.3. The van der Waals surface area contributed by atoms with Crippen LogP contribution >= 0.6 is 23.4 Å². The first-order valence-electron chi connectivity index (χ1n) is 9.63. The van der Waals surface area contributed by atoms with Crippen molar-refractivity contribution in [2.24, 2.45) is 13.0 Å². The van der Waals surface area contributed by atoms with Crippen LogP contribution in [0.1, 0.15) is 34.5 Å². The molecule has 1 aliphatic heterocycles. The molecular formula is C21H23ClN4O2S. The summed E-state index contributed by atoms with van der Waals surface area (Å²) in [5.41, 5.74) is 1.72. The Hall–Kier alpha value is -2.09. The third kappa shape index (κ3) is 4.74. The number of rotatable bonds is 6. The average Bonchev–Trinajstić information content (AvgIpc) is 3.31. The zero-order valence-electron chi connectivity index (χ0n) is 16.5. The van der Waals surface area contributed by atoms with Gasteiger partial charge >= 0.3 is 0 Å². The number of halogens is 1. The number of carbonyl (C=O) groups excluding carboxylic acids is 1. The van der Waals surface area contributed by atoms with E-state index < -0.39 is 0 Å². The molecule has 1 fully saturated rings. The Labute approximate surface area is 179 Å². The van der Waals surface area contributed by atoms with Crippen molar-refractivity contribution >= 4 is 29.1 Å². The first kappa shape index (κ1) is 20.2. The van der Waals surface area contributed by atoms with Gasteiger partial charge in [-0.3, -0.25) is 9.69 Å². The Bertz CT molecular complexity index is 1020. The summed E-state index contributed by atoms with van der Waals surface area (Å²) in [5.74, 6) is 1.11. The zero-order chi connectivity index (χ0) is 20.4. The van der Waals surface area contributed by atoms with E-state index in [2.05, 4.69) is 15.1 Å². The predicted molar refractivity (Wildman–Crippen MR) is 112 cm³/mol. The lowest BCUT2D eigenvalue weighted by molar-refractivity contribution is 0.0800. The quantitative estimate of drug-likeness (QED) is 0.532. The number of hydrogen-bond donors (Lipinski definition) is 0. The van der Waals surface area contributed by atoms with Gasteiger partial charge in [0.1, 0.15) is 12.1 Å². The summed E-state index contributed by atoms with van der Waals surface area (Å²) in [5, 5.41) is 10.2. The smallest absolute Gasteiger partial charge is 0.198 e. The first-order valence-corrected chi connectivity index (χ1v) is 10.8. The summed E-state index contributed by atoms with van der Waals surface area (Å²) in [6.45, 7) is 4.35. The SMILES string of the molecule is Cc1cc(Cl)ccc1C(=O)[C@H]1CCCN(Cc2ccc(Sc3nncn3C)o2)C1. The molecule has 0 N–H and O–H groups in total. The van der Waals surface area contributed by atoms with Gasteiger partial charge in [-0.25, -0.2) is 0 Å². The van der Waals surface area contributed by atoms with E-state index in [9.17, 15) is 4.79 Å². The van der Waals surface area contributed by atoms with Crippen molar-refractivity contribution in [3.8, 4) is 0 Å². The maximum Gasteiger partial charge on any atom is 0.198 e. The summed E-state index contributed by atoms with van der Waals surface area (Å²) >= 11 is 7.48. The number of benzene rings is 1.